The number of rotatable bonds is 9. The molecule has 0 aliphatic rings. The van der Waals surface area contributed by atoms with Gasteiger partial charge in [-0.1, -0.05) is 18.2 Å². The van der Waals surface area contributed by atoms with Crippen LogP contribution in [-0.2, 0) is 11.3 Å². The van der Waals surface area contributed by atoms with Crippen molar-refractivity contribution in [2.24, 2.45) is 0 Å². The minimum absolute atomic E-state index is 0.304. The van der Waals surface area contributed by atoms with E-state index in [-0.39, 0.29) is 5.82 Å². The molecule has 0 fully saturated rings. The van der Waals surface area contributed by atoms with Gasteiger partial charge in [0.1, 0.15) is 18.2 Å². The number of hydrogen-bond acceptors (Lipinski definition) is 4. The molecule has 0 aromatic heterocycles. The number of methoxy groups -OCH3 is 1. The van der Waals surface area contributed by atoms with Crippen molar-refractivity contribution in [1.82, 2.24) is 4.90 Å². The highest BCUT2D eigenvalue weighted by Crippen LogP contribution is 2.12. The Morgan fingerprint density at radius 1 is 1.08 bits per heavy atom. The van der Waals surface area contributed by atoms with Crippen molar-refractivity contribution in [2.75, 3.05) is 33.4 Å². The second-order valence-electron chi connectivity index (χ2n) is 5.38. The van der Waals surface area contributed by atoms with Crippen LogP contribution in [-0.4, -0.2) is 38.3 Å². The maximum atomic E-state index is 13.1. The summed E-state index contributed by atoms with van der Waals surface area (Å²) in [6.07, 6.45) is 0. The van der Waals surface area contributed by atoms with Gasteiger partial charge in [0.15, 0.2) is 0 Å². The van der Waals surface area contributed by atoms with E-state index >= 15 is 0 Å². The first kappa shape index (κ1) is 17.9. The number of benzene rings is 2. The van der Waals surface area contributed by atoms with E-state index in [9.17, 15) is 4.39 Å². The Morgan fingerprint density at radius 2 is 1.83 bits per heavy atom. The van der Waals surface area contributed by atoms with E-state index in [1.54, 1.807) is 19.2 Å². The zero-order valence-corrected chi connectivity index (χ0v) is 13.7. The van der Waals surface area contributed by atoms with Gasteiger partial charge in [-0.2, -0.15) is 5.26 Å². The molecule has 0 saturated heterocycles. The second kappa shape index (κ2) is 9.66. The molecule has 0 radical (unpaired) electrons. The molecule has 0 spiro atoms. The van der Waals surface area contributed by atoms with Gasteiger partial charge in [-0.15, -0.1) is 0 Å². The fourth-order valence-electron chi connectivity index (χ4n) is 2.28. The van der Waals surface area contributed by atoms with Crippen LogP contribution in [0.1, 0.15) is 11.1 Å². The van der Waals surface area contributed by atoms with Crippen LogP contribution in [0, 0.1) is 17.1 Å². The monoisotopic (exact) mass is 328 g/mol. The Hall–Kier alpha value is -2.42. The average Bonchev–Trinajstić information content (AvgIpc) is 2.60. The largest absolute Gasteiger partial charge is 0.492 e. The molecule has 0 saturated carbocycles. The molecule has 0 unspecified atom stereocenters. The second-order valence-corrected chi connectivity index (χ2v) is 5.38. The van der Waals surface area contributed by atoms with Crippen molar-refractivity contribution in [3.05, 3.63) is 65.5 Å². The normalized spacial score (nSPS) is 10.6. The zero-order valence-electron chi connectivity index (χ0n) is 13.7. The van der Waals surface area contributed by atoms with Gasteiger partial charge < -0.3 is 9.47 Å². The molecule has 0 amide bonds. The molecule has 0 N–H and O–H groups in total. The van der Waals surface area contributed by atoms with Crippen LogP contribution in [0.3, 0.4) is 0 Å². The van der Waals surface area contributed by atoms with Gasteiger partial charge in [-0.05, 0) is 29.8 Å². The summed E-state index contributed by atoms with van der Waals surface area (Å²) in [5.74, 6) is 0.224. The standard InChI is InChI=1S/C19H21FN2O2/c1-23-11-9-22(15-17-7-5-16(14-21)6-8-17)10-12-24-19-4-2-3-18(20)13-19/h2-8,13H,9-12,15H2,1H3. The fraction of sp³-hybridized carbons (Fsp3) is 0.316. The molecular weight excluding hydrogens is 307 g/mol. The molecule has 126 valence electrons. The van der Waals surface area contributed by atoms with Crippen molar-refractivity contribution in [2.45, 2.75) is 6.54 Å². The lowest BCUT2D eigenvalue weighted by molar-refractivity contribution is 0.130. The van der Waals surface area contributed by atoms with Gasteiger partial charge in [0, 0.05) is 32.8 Å². The molecule has 5 heteroatoms. The average molecular weight is 328 g/mol. The SMILES string of the molecule is COCCN(CCOc1cccc(F)c1)Cc1ccc(C#N)cc1. The highest BCUT2D eigenvalue weighted by atomic mass is 19.1. The van der Waals surface area contributed by atoms with Crippen LogP contribution in [0.4, 0.5) is 4.39 Å². The van der Waals surface area contributed by atoms with Crippen molar-refractivity contribution >= 4 is 0 Å². The first-order valence-electron chi connectivity index (χ1n) is 7.80. The molecule has 24 heavy (non-hydrogen) atoms. The molecule has 2 aromatic rings. The lowest BCUT2D eigenvalue weighted by atomic mass is 10.1. The third-order valence-corrected chi connectivity index (χ3v) is 3.57. The molecule has 0 aliphatic heterocycles. The van der Waals surface area contributed by atoms with Gasteiger partial charge in [-0.3, -0.25) is 4.90 Å². The summed E-state index contributed by atoms with van der Waals surface area (Å²) in [6, 6.07) is 15.8. The van der Waals surface area contributed by atoms with E-state index in [4.69, 9.17) is 14.7 Å². The van der Waals surface area contributed by atoms with Gasteiger partial charge >= 0.3 is 0 Å². The van der Waals surface area contributed by atoms with Crippen LogP contribution in [0.2, 0.25) is 0 Å². The van der Waals surface area contributed by atoms with Crippen LogP contribution >= 0.6 is 0 Å². The summed E-state index contributed by atoms with van der Waals surface area (Å²) < 4.78 is 23.9. The predicted octanol–water partition coefficient (Wildman–Crippen LogP) is 3.22. The minimum atomic E-state index is -0.304. The van der Waals surface area contributed by atoms with E-state index in [0.29, 0.717) is 31.1 Å². The molecular formula is C19H21FN2O2. The molecule has 2 rings (SSSR count). The van der Waals surface area contributed by atoms with E-state index in [1.807, 2.05) is 24.3 Å². The summed E-state index contributed by atoms with van der Waals surface area (Å²) in [5, 5.41) is 8.85. The van der Waals surface area contributed by atoms with E-state index in [2.05, 4.69) is 11.0 Å². The third-order valence-electron chi connectivity index (χ3n) is 3.57. The van der Waals surface area contributed by atoms with Crippen molar-refractivity contribution in [1.29, 1.82) is 5.26 Å². The van der Waals surface area contributed by atoms with E-state index in [1.165, 1.54) is 12.1 Å². The van der Waals surface area contributed by atoms with Crippen molar-refractivity contribution in [3.8, 4) is 11.8 Å². The molecule has 0 atom stereocenters. The fourth-order valence-corrected chi connectivity index (χ4v) is 2.28. The maximum absolute atomic E-state index is 13.1. The lowest BCUT2D eigenvalue weighted by Crippen LogP contribution is -2.31. The summed E-state index contributed by atoms with van der Waals surface area (Å²) >= 11 is 0. The van der Waals surface area contributed by atoms with Crippen molar-refractivity contribution < 1.29 is 13.9 Å². The number of halogens is 1. The molecule has 0 heterocycles. The summed E-state index contributed by atoms with van der Waals surface area (Å²) in [6.45, 7) is 3.28. The Morgan fingerprint density at radius 3 is 2.50 bits per heavy atom. The smallest absolute Gasteiger partial charge is 0.126 e. The lowest BCUT2D eigenvalue weighted by Gasteiger charge is -2.22. The Balaban J connectivity index is 1.88. The molecule has 4 nitrogen and oxygen atoms in total. The van der Waals surface area contributed by atoms with E-state index in [0.717, 1.165) is 18.7 Å². The third kappa shape index (κ3) is 5.99. The quantitative estimate of drug-likeness (QED) is 0.709. The molecule has 2 aromatic carbocycles. The number of nitrogens with zero attached hydrogens (tertiary/aromatic N) is 2. The Kier molecular flexibility index (Phi) is 7.21. The zero-order chi connectivity index (χ0) is 17.2. The predicted molar refractivity (Wildman–Crippen MR) is 90.2 cm³/mol. The molecule has 0 aliphatic carbocycles. The maximum Gasteiger partial charge on any atom is 0.126 e. The summed E-state index contributed by atoms with van der Waals surface area (Å²) in [4.78, 5) is 2.20. The van der Waals surface area contributed by atoms with Gasteiger partial charge in [-0.25, -0.2) is 4.39 Å². The Bertz CT molecular complexity index is 668. The summed E-state index contributed by atoms with van der Waals surface area (Å²) in [5.41, 5.74) is 1.77. The van der Waals surface area contributed by atoms with E-state index < -0.39 is 0 Å². The Labute approximate surface area is 142 Å². The van der Waals surface area contributed by atoms with Gasteiger partial charge in [0.25, 0.3) is 0 Å². The van der Waals surface area contributed by atoms with Gasteiger partial charge in [0.05, 0.1) is 18.2 Å². The number of nitriles is 1. The minimum Gasteiger partial charge on any atom is -0.492 e. The van der Waals surface area contributed by atoms with Gasteiger partial charge in [0.2, 0.25) is 0 Å². The topological polar surface area (TPSA) is 45.5 Å². The van der Waals surface area contributed by atoms with Crippen LogP contribution in [0.5, 0.6) is 5.75 Å². The highest BCUT2D eigenvalue weighted by molar-refractivity contribution is 5.31. The van der Waals surface area contributed by atoms with Crippen LogP contribution < -0.4 is 4.74 Å². The molecule has 0 bridgehead atoms. The highest BCUT2D eigenvalue weighted by Gasteiger charge is 2.07. The van der Waals surface area contributed by atoms with Crippen molar-refractivity contribution in [3.63, 3.8) is 0 Å². The first-order chi connectivity index (χ1) is 11.7. The number of hydrogen-bond donors (Lipinski definition) is 0. The number of ether oxygens (including phenoxy) is 2. The first-order valence-corrected chi connectivity index (χ1v) is 7.80. The summed E-state index contributed by atoms with van der Waals surface area (Å²) in [7, 11) is 1.67. The van der Waals surface area contributed by atoms with Crippen LogP contribution in [0.25, 0.3) is 0 Å². The van der Waals surface area contributed by atoms with Crippen LogP contribution in [0.15, 0.2) is 48.5 Å².